The number of nitrogens with one attached hydrogen (secondary N) is 5. The van der Waals surface area contributed by atoms with Gasteiger partial charge in [-0.1, -0.05) is 26.0 Å². The van der Waals surface area contributed by atoms with Crippen molar-refractivity contribution >= 4 is 35.4 Å². The van der Waals surface area contributed by atoms with Crippen LogP contribution in [0.5, 0.6) is 5.75 Å². The lowest BCUT2D eigenvalue weighted by Gasteiger charge is -2.25. The van der Waals surface area contributed by atoms with Crippen molar-refractivity contribution in [3.63, 3.8) is 0 Å². The average molecular weight is 563 g/mol. The van der Waals surface area contributed by atoms with Gasteiger partial charge in [-0.05, 0) is 24.5 Å². The highest BCUT2D eigenvalue weighted by molar-refractivity contribution is 6.01. The zero-order valence-corrected chi connectivity index (χ0v) is 22.9. The largest absolute Gasteiger partial charge is 0.491 e. The van der Waals surface area contributed by atoms with Gasteiger partial charge in [0.15, 0.2) is 0 Å². The van der Waals surface area contributed by atoms with E-state index in [2.05, 4.69) is 26.6 Å². The lowest BCUT2D eigenvalue weighted by atomic mass is 10.0. The van der Waals surface area contributed by atoms with Crippen molar-refractivity contribution in [1.29, 1.82) is 0 Å². The number of ether oxygens (including phenoxy) is 2. The molecule has 0 unspecified atom stereocenters. The van der Waals surface area contributed by atoms with Crippen LogP contribution in [0.15, 0.2) is 24.3 Å². The van der Waals surface area contributed by atoms with E-state index in [-0.39, 0.29) is 36.9 Å². The molecule has 1 aliphatic heterocycles. The average Bonchev–Trinajstić information content (AvgIpc) is 2.90. The molecule has 0 aliphatic carbocycles. The van der Waals surface area contributed by atoms with Gasteiger partial charge < -0.3 is 41.8 Å². The molecule has 1 aliphatic rings. The van der Waals surface area contributed by atoms with E-state index in [1.165, 1.54) is 13.2 Å². The molecule has 0 saturated heterocycles. The molecule has 0 spiro atoms. The molecule has 14 heteroatoms. The van der Waals surface area contributed by atoms with Crippen molar-refractivity contribution in [3.05, 3.63) is 29.8 Å². The summed E-state index contributed by atoms with van der Waals surface area (Å²) in [6, 6.07) is 2.58. The van der Waals surface area contributed by atoms with Gasteiger partial charge >= 0.3 is 0 Å². The summed E-state index contributed by atoms with van der Waals surface area (Å²) in [6.07, 6.45) is -0.608. The summed E-state index contributed by atoms with van der Waals surface area (Å²) in [5.74, 6) is -4.44. The van der Waals surface area contributed by atoms with Crippen molar-refractivity contribution in [1.82, 2.24) is 26.6 Å². The summed E-state index contributed by atoms with van der Waals surface area (Å²) < 4.78 is 10.7. The van der Waals surface area contributed by atoms with Crippen LogP contribution in [-0.2, 0) is 28.7 Å². The van der Waals surface area contributed by atoms with Gasteiger partial charge in [0.05, 0.1) is 24.9 Å². The molecule has 220 valence electrons. The molecular weight excluding hydrogens is 524 g/mol. The summed E-state index contributed by atoms with van der Waals surface area (Å²) in [4.78, 5) is 76.6. The Bertz CT molecular complexity index is 1080. The molecular formula is C26H38N6O8. The second-order valence-electron chi connectivity index (χ2n) is 9.52. The number of methoxy groups -OCH3 is 1. The number of fused-ring (bicyclic) bond motifs is 1. The van der Waals surface area contributed by atoms with Crippen molar-refractivity contribution in [2.75, 3.05) is 33.4 Å². The van der Waals surface area contributed by atoms with E-state index in [0.29, 0.717) is 13.0 Å². The van der Waals surface area contributed by atoms with Crippen LogP contribution in [-0.4, -0.2) is 87.0 Å². The van der Waals surface area contributed by atoms with E-state index in [9.17, 15) is 28.8 Å². The topological polar surface area (TPSA) is 207 Å². The lowest BCUT2D eigenvalue weighted by Crippen LogP contribution is -2.57. The van der Waals surface area contributed by atoms with Crippen LogP contribution in [0, 0.1) is 5.92 Å². The predicted molar refractivity (Wildman–Crippen MR) is 143 cm³/mol. The quantitative estimate of drug-likeness (QED) is 0.202. The van der Waals surface area contributed by atoms with Crippen molar-refractivity contribution in [2.45, 2.75) is 51.2 Å². The zero-order chi connectivity index (χ0) is 29.7. The molecule has 2 rings (SSSR count). The van der Waals surface area contributed by atoms with Crippen LogP contribution in [0.3, 0.4) is 0 Å². The summed E-state index contributed by atoms with van der Waals surface area (Å²) in [7, 11) is 1.52. The number of primary amides is 1. The predicted octanol–water partition coefficient (Wildman–Crippen LogP) is -1.66. The maximum atomic E-state index is 13.2. The second-order valence-corrected chi connectivity index (χ2v) is 9.52. The van der Waals surface area contributed by atoms with Crippen LogP contribution < -0.4 is 37.1 Å². The number of carbonyl (C=O) groups is 6. The molecule has 1 heterocycles. The first-order valence-electron chi connectivity index (χ1n) is 13.0. The minimum absolute atomic E-state index is 0.00253. The molecule has 6 amide bonds. The Labute approximate surface area is 232 Å². The fourth-order valence-electron chi connectivity index (χ4n) is 3.86. The van der Waals surface area contributed by atoms with E-state index >= 15 is 0 Å². The Balaban J connectivity index is 2.39. The van der Waals surface area contributed by atoms with Gasteiger partial charge in [0, 0.05) is 20.3 Å². The van der Waals surface area contributed by atoms with Crippen LogP contribution in [0.2, 0.25) is 0 Å². The maximum Gasteiger partial charge on any atom is 0.255 e. The van der Waals surface area contributed by atoms with E-state index in [1.807, 2.05) is 0 Å². The first-order valence-corrected chi connectivity index (χ1v) is 13.0. The number of hydrogen-bond donors (Lipinski definition) is 6. The Morgan fingerprint density at radius 1 is 1.10 bits per heavy atom. The third-order valence-corrected chi connectivity index (χ3v) is 5.93. The fourth-order valence-corrected chi connectivity index (χ4v) is 3.86. The molecule has 3 atom stereocenters. The van der Waals surface area contributed by atoms with Crippen molar-refractivity contribution in [2.24, 2.45) is 11.7 Å². The summed E-state index contributed by atoms with van der Waals surface area (Å²) in [6.45, 7) is 4.11. The molecule has 7 N–H and O–H groups in total. The molecule has 0 fully saturated rings. The van der Waals surface area contributed by atoms with Crippen molar-refractivity contribution in [3.8, 4) is 5.75 Å². The Kier molecular flexibility index (Phi) is 12.8. The maximum absolute atomic E-state index is 13.2. The van der Waals surface area contributed by atoms with Gasteiger partial charge in [0.2, 0.25) is 29.5 Å². The zero-order valence-electron chi connectivity index (χ0n) is 22.9. The number of hydrogen-bond acceptors (Lipinski definition) is 8. The number of benzene rings is 1. The highest BCUT2D eigenvalue weighted by Crippen LogP contribution is 2.18. The molecule has 0 radical (unpaired) electrons. The Hall–Kier alpha value is -4.20. The number of carbonyl (C=O) groups excluding carboxylic acids is 6. The van der Waals surface area contributed by atoms with Gasteiger partial charge in [-0.15, -0.1) is 0 Å². The van der Waals surface area contributed by atoms with Gasteiger partial charge in [-0.2, -0.15) is 0 Å². The van der Waals surface area contributed by atoms with E-state index in [0.717, 1.165) is 0 Å². The van der Waals surface area contributed by atoms with Gasteiger partial charge in [0.1, 0.15) is 30.5 Å². The monoisotopic (exact) mass is 562 g/mol. The van der Waals surface area contributed by atoms with Gasteiger partial charge in [-0.3, -0.25) is 28.8 Å². The molecule has 40 heavy (non-hydrogen) atoms. The molecule has 14 nitrogen and oxygen atoms in total. The third-order valence-electron chi connectivity index (χ3n) is 5.93. The summed E-state index contributed by atoms with van der Waals surface area (Å²) in [5, 5.41) is 12.8. The Morgan fingerprint density at radius 3 is 2.50 bits per heavy atom. The Morgan fingerprint density at radius 2 is 1.82 bits per heavy atom. The molecule has 1 aromatic carbocycles. The molecule has 1 aromatic rings. The minimum Gasteiger partial charge on any atom is -0.491 e. The lowest BCUT2D eigenvalue weighted by molar-refractivity contribution is -0.134. The van der Waals surface area contributed by atoms with E-state index in [4.69, 9.17) is 15.2 Å². The molecule has 0 aromatic heterocycles. The van der Waals surface area contributed by atoms with E-state index in [1.54, 1.807) is 32.0 Å². The summed E-state index contributed by atoms with van der Waals surface area (Å²) >= 11 is 0. The smallest absolute Gasteiger partial charge is 0.255 e. The number of nitrogens with two attached hydrogens (primary N) is 1. The number of amides is 6. The highest BCUT2D eigenvalue weighted by atomic mass is 16.5. The first kappa shape index (κ1) is 32.0. The van der Waals surface area contributed by atoms with Crippen LogP contribution in [0.1, 0.15) is 43.5 Å². The standard InChI is InChI=1S/C26H38N6O8/c1-15(2)22-26(38)29-10-12-40-19-8-5-4-7-16(19)23(35)31-18(24(36)28-9-6-11-39-3)14-21(34)30-17(13-20(27)33)25(37)32-22/h4-5,7-8,15,17-18,22H,6,9-14H2,1-3H3,(H2,27,33)(H,28,36)(H,29,38)(H,30,34)(H,31,35)(H,32,37)/t17-,18-,22+/m0/s1. The molecule has 0 bridgehead atoms. The third kappa shape index (κ3) is 10.2. The highest BCUT2D eigenvalue weighted by Gasteiger charge is 2.32. The van der Waals surface area contributed by atoms with Crippen LogP contribution in [0.25, 0.3) is 0 Å². The minimum atomic E-state index is -1.42. The van der Waals surface area contributed by atoms with Gasteiger partial charge in [0.25, 0.3) is 5.91 Å². The van der Waals surface area contributed by atoms with Crippen LogP contribution in [0.4, 0.5) is 0 Å². The first-order chi connectivity index (χ1) is 19.0. The van der Waals surface area contributed by atoms with Crippen molar-refractivity contribution < 1.29 is 38.2 Å². The summed E-state index contributed by atoms with van der Waals surface area (Å²) in [5.41, 5.74) is 5.40. The van der Waals surface area contributed by atoms with Gasteiger partial charge in [-0.25, -0.2) is 0 Å². The normalized spacial score (nSPS) is 21.1. The number of rotatable bonds is 8. The van der Waals surface area contributed by atoms with E-state index < -0.39 is 66.4 Å². The number of para-hydroxylation sites is 1. The second kappa shape index (κ2) is 16.0. The SMILES string of the molecule is COCCCNC(=O)[C@@H]1CC(=O)N[C@@H](CC(N)=O)C(=O)N[C@H](C(C)C)C(=O)NCCOc2ccccc2C(=O)N1. The fraction of sp³-hybridized carbons (Fsp3) is 0.538. The molecule has 0 saturated carbocycles. The van der Waals surface area contributed by atoms with Crippen LogP contribution >= 0.6 is 0 Å².